The number of amides is 1. The number of aromatic nitrogens is 1. The molecule has 1 amide bonds. The fourth-order valence-corrected chi connectivity index (χ4v) is 2.51. The maximum atomic E-state index is 11.8. The Balaban J connectivity index is 1.45. The number of fused-ring (bicyclic) bond motifs is 1. The van der Waals surface area contributed by atoms with Gasteiger partial charge >= 0.3 is 5.97 Å². The molecule has 1 aromatic heterocycles. The molecule has 0 spiro atoms. The molecule has 0 bridgehead atoms. The van der Waals surface area contributed by atoms with Crippen LogP contribution in [0.15, 0.2) is 60.8 Å². The largest absolute Gasteiger partial charge is 0.456 e. The molecule has 122 valence electrons. The molecule has 0 aliphatic carbocycles. The number of carbonyl (C=O) groups is 2. The van der Waals surface area contributed by atoms with Gasteiger partial charge in [0.1, 0.15) is 0 Å². The highest BCUT2D eigenvalue weighted by molar-refractivity contribution is 5.92. The van der Waals surface area contributed by atoms with Gasteiger partial charge in [-0.1, -0.05) is 36.4 Å². The number of anilines is 1. The van der Waals surface area contributed by atoms with Crippen LogP contribution in [-0.4, -0.2) is 23.5 Å². The number of carbonyl (C=O) groups excluding carboxylic acids is 2. The lowest BCUT2D eigenvalue weighted by Gasteiger charge is -2.06. The van der Waals surface area contributed by atoms with E-state index in [1.54, 1.807) is 12.1 Å². The van der Waals surface area contributed by atoms with Crippen LogP contribution in [0.1, 0.15) is 12.0 Å². The summed E-state index contributed by atoms with van der Waals surface area (Å²) in [7, 11) is 0. The first-order chi connectivity index (χ1) is 11.7. The molecule has 3 rings (SSSR count). The molecule has 5 heteroatoms. The van der Waals surface area contributed by atoms with Crippen LogP contribution in [0.3, 0.4) is 0 Å². The number of H-pyrrole nitrogens is 1. The van der Waals surface area contributed by atoms with E-state index < -0.39 is 0 Å². The SMILES string of the molecule is O=C(COC(=O)CCc1c[nH]c2ccccc12)Nc1ccccc1. The summed E-state index contributed by atoms with van der Waals surface area (Å²) in [6.45, 7) is -0.276. The average Bonchev–Trinajstić information content (AvgIpc) is 3.02. The molecule has 0 radical (unpaired) electrons. The van der Waals surface area contributed by atoms with Crippen LogP contribution in [0, 0.1) is 0 Å². The van der Waals surface area contributed by atoms with Gasteiger partial charge in [0.05, 0.1) is 0 Å². The van der Waals surface area contributed by atoms with E-state index in [9.17, 15) is 9.59 Å². The first-order valence-corrected chi connectivity index (χ1v) is 7.78. The number of nitrogens with one attached hydrogen (secondary N) is 2. The molecule has 0 aliphatic rings. The van der Waals surface area contributed by atoms with E-state index in [0.29, 0.717) is 12.1 Å². The van der Waals surface area contributed by atoms with Gasteiger partial charge in [0, 0.05) is 29.2 Å². The third kappa shape index (κ3) is 4.01. The summed E-state index contributed by atoms with van der Waals surface area (Å²) in [6.07, 6.45) is 2.71. The Morgan fingerprint density at radius 2 is 1.75 bits per heavy atom. The summed E-state index contributed by atoms with van der Waals surface area (Å²) in [5.74, 6) is -0.731. The van der Waals surface area contributed by atoms with Crippen molar-refractivity contribution in [3.63, 3.8) is 0 Å². The van der Waals surface area contributed by atoms with E-state index in [-0.39, 0.29) is 24.9 Å². The van der Waals surface area contributed by atoms with E-state index in [1.165, 1.54) is 0 Å². The predicted molar refractivity (Wildman–Crippen MR) is 92.7 cm³/mol. The molecule has 0 saturated heterocycles. The summed E-state index contributed by atoms with van der Waals surface area (Å²) in [6, 6.07) is 17.0. The zero-order valence-corrected chi connectivity index (χ0v) is 13.1. The molecule has 0 unspecified atom stereocenters. The summed E-state index contributed by atoms with van der Waals surface area (Å²) in [5, 5.41) is 3.77. The molecule has 0 fully saturated rings. The van der Waals surface area contributed by atoms with Gasteiger partial charge in [-0.15, -0.1) is 0 Å². The smallest absolute Gasteiger partial charge is 0.306 e. The number of rotatable bonds is 6. The van der Waals surface area contributed by atoms with Gasteiger partial charge < -0.3 is 15.0 Å². The van der Waals surface area contributed by atoms with Crippen LogP contribution in [-0.2, 0) is 20.7 Å². The van der Waals surface area contributed by atoms with Crippen molar-refractivity contribution in [3.8, 4) is 0 Å². The molecule has 3 aromatic rings. The number of benzene rings is 2. The minimum absolute atomic E-state index is 0.237. The Kier molecular flexibility index (Phi) is 4.91. The fourth-order valence-electron chi connectivity index (χ4n) is 2.51. The molecule has 24 heavy (non-hydrogen) atoms. The quantitative estimate of drug-likeness (QED) is 0.684. The maximum Gasteiger partial charge on any atom is 0.306 e. The van der Waals surface area contributed by atoms with E-state index in [4.69, 9.17) is 4.74 Å². The Morgan fingerprint density at radius 1 is 1.00 bits per heavy atom. The second kappa shape index (κ2) is 7.46. The first kappa shape index (κ1) is 15.8. The van der Waals surface area contributed by atoms with E-state index in [2.05, 4.69) is 10.3 Å². The van der Waals surface area contributed by atoms with Crippen LogP contribution in [0.25, 0.3) is 10.9 Å². The van der Waals surface area contributed by atoms with Crippen molar-refractivity contribution in [2.75, 3.05) is 11.9 Å². The number of ether oxygens (including phenoxy) is 1. The Morgan fingerprint density at radius 3 is 2.58 bits per heavy atom. The van der Waals surface area contributed by atoms with Gasteiger partial charge in [-0.25, -0.2) is 0 Å². The summed E-state index contributed by atoms with van der Waals surface area (Å²) in [4.78, 5) is 26.7. The van der Waals surface area contributed by atoms with Crippen molar-refractivity contribution in [1.29, 1.82) is 0 Å². The summed E-state index contributed by atoms with van der Waals surface area (Å²) < 4.78 is 5.03. The number of hydrogen-bond acceptors (Lipinski definition) is 3. The van der Waals surface area contributed by atoms with Gasteiger partial charge in [0.2, 0.25) is 0 Å². The van der Waals surface area contributed by atoms with Crippen molar-refractivity contribution in [3.05, 3.63) is 66.4 Å². The molecule has 2 N–H and O–H groups in total. The van der Waals surface area contributed by atoms with Crippen LogP contribution in [0.4, 0.5) is 5.69 Å². The minimum Gasteiger partial charge on any atom is -0.456 e. The third-order valence-electron chi connectivity index (χ3n) is 3.70. The van der Waals surface area contributed by atoms with Gasteiger partial charge in [-0.3, -0.25) is 9.59 Å². The monoisotopic (exact) mass is 322 g/mol. The van der Waals surface area contributed by atoms with E-state index in [0.717, 1.165) is 16.5 Å². The van der Waals surface area contributed by atoms with Gasteiger partial charge in [-0.05, 0) is 30.2 Å². The van der Waals surface area contributed by atoms with Crippen molar-refractivity contribution in [2.45, 2.75) is 12.8 Å². The van der Waals surface area contributed by atoms with Crippen molar-refractivity contribution in [2.24, 2.45) is 0 Å². The van der Waals surface area contributed by atoms with Crippen molar-refractivity contribution < 1.29 is 14.3 Å². The second-order valence-corrected chi connectivity index (χ2v) is 5.43. The highest BCUT2D eigenvalue weighted by Gasteiger charge is 2.10. The molecular weight excluding hydrogens is 304 g/mol. The van der Waals surface area contributed by atoms with Crippen molar-refractivity contribution in [1.82, 2.24) is 4.98 Å². The molecule has 1 heterocycles. The summed E-state index contributed by atoms with van der Waals surface area (Å²) in [5.41, 5.74) is 2.79. The predicted octanol–water partition coefficient (Wildman–Crippen LogP) is 3.28. The normalized spacial score (nSPS) is 10.5. The first-order valence-electron chi connectivity index (χ1n) is 7.78. The molecule has 0 saturated carbocycles. The third-order valence-corrected chi connectivity index (χ3v) is 3.70. The van der Waals surface area contributed by atoms with Crippen LogP contribution in [0.5, 0.6) is 0 Å². The molecule has 2 aromatic carbocycles. The Labute approximate surface area is 139 Å². The number of aryl methyl sites for hydroxylation is 1. The minimum atomic E-state index is -0.386. The lowest BCUT2D eigenvalue weighted by atomic mass is 10.1. The van der Waals surface area contributed by atoms with Crippen LogP contribution >= 0.6 is 0 Å². The number of esters is 1. The second-order valence-electron chi connectivity index (χ2n) is 5.43. The van der Waals surface area contributed by atoms with Crippen LogP contribution in [0.2, 0.25) is 0 Å². The van der Waals surface area contributed by atoms with Crippen molar-refractivity contribution >= 4 is 28.5 Å². The highest BCUT2D eigenvalue weighted by atomic mass is 16.5. The molecule has 0 atom stereocenters. The van der Waals surface area contributed by atoms with Gasteiger partial charge in [0.15, 0.2) is 6.61 Å². The fraction of sp³-hybridized carbons (Fsp3) is 0.158. The van der Waals surface area contributed by atoms with E-state index >= 15 is 0 Å². The average molecular weight is 322 g/mol. The van der Waals surface area contributed by atoms with Gasteiger partial charge in [0.25, 0.3) is 5.91 Å². The number of aromatic amines is 1. The van der Waals surface area contributed by atoms with Crippen LogP contribution < -0.4 is 5.32 Å². The molecule has 5 nitrogen and oxygen atoms in total. The van der Waals surface area contributed by atoms with E-state index in [1.807, 2.05) is 48.7 Å². The summed E-state index contributed by atoms with van der Waals surface area (Å²) >= 11 is 0. The topological polar surface area (TPSA) is 71.2 Å². The maximum absolute atomic E-state index is 11.8. The zero-order chi connectivity index (χ0) is 16.8. The zero-order valence-electron chi connectivity index (χ0n) is 13.1. The number of hydrogen-bond donors (Lipinski definition) is 2. The van der Waals surface area contributed by atoms with Gasteiger partial charge in [-0.2, -0.15) is 0 Å². The standard InChI is InChI=1S/C19H18N2O3/c22-18(21-15-6-2-1-3-7-15)13-24-19(23)11-10-14-12-20-17-9-5-4-8-16(14)17/h1-9,12,20H,10-11,13H2,(H,21,22). The lowest BCUT2D eigenvalue weighted by molar-refractivity contribution is -0.147. The molecule has 0 aliphatic heterocycles. The lowest BCUT2D eigenvalue weighted by Crippen LogP contribution is -2.20. The molecular formula is C19H18N2O3. The number of para-hydroxylation sites is 2. The highest BCUT2D eigenvalue weighted by Crippen LogP contribution is 2.19. The Hall–Kier alpha value is -3.08. The Bertz CT molecular complexity index is 840.